The van der Waals surface area contributed by atoms with E-state index in [1.807, 2.05) is 0 Å². The summed E-state index contributed by atoms with van der Waals surface area (Å²) in [5.41, 5.74) is 0.512. The van der Waals surface area contributed by atoms with Crippen LogP contribution in [-0.2, 0) is 0 Å². The first-order chi connectivity index (χ1) is 5.77. The SMILES string of the molecule is O=c1[nH]c2nccnc2nc1Br. The Morgan fingerprint density at radius 3 is 2.92 bits per heavy atom. The van der Waals surface area contributed by atoms with Crippen LogP contribution in [0.4, 0.5) is 0 Å². The molecule has 2 rings (SSSR count). The van der Waals surface area contributed by atoms with Crippen molar-refractivity contribution in [3.05, 3.63) is 27.4 Å². The summed E-state index contributed by atoms with van der Waals surface area (Å²) in [6.07, 6.45) is 3.01. The second kappa shape index (κ2) is 2.63. The van der Waals surface area contributed by atoms with Gasteiger partial charge in [0.2, 0.25) is 0 Å². The average molecular weight is 227 g/mol. The van der Waals surface area contributed by atoms with Crippen LogP contribution >= 0.6 is 15.9 Å². The zero-order chi connectivity index (χ0) is 8.55. The molecule has 5 nitrogen and oxygen atoms in total. The van der Waals surface area contributed by atoms with Crippen molar-refractivity contribution in [1.82, 2.24) is 19.9 Å². The third-order valence-electron chi connectivity index (χ3n) is 1.30. The lowest BCUT2D eigenvalue weighted by molar-refractivity contribution is 1.10. The van der Waals surface area contributed by atoms with Gasteiger partial charge in [-0.2, -0.15) is 0 Å². The minimum absolute atomic E-state index is 0.218. The molecule has 0 fully saturated rings. The summed E-state index contributed by atoms with van der Waals surface area (Å²) >= 11 is 2.99. The maximum atomic E-state index is 11.0. The fourth-order valence-corrected chi connectivity index (χ4v) is 1.07. The third-order valence-corrected chi connectivity index (χ3v) is 1.84. The summed E-state index contributed by atoms with van der Waals surface area (Å²) in [7, 11) is 0. The number of hydrogen-bond acceptors (Lipinski definition) is 4. The van der Waals surface area contributed by atoms with E-state index in [4.69, 9.17) is 0 Å². The van der Waals surface area contributed by atoms with E-state index in [1.54, 1.807) is 0 Å². The topological polar surface area (TPSA) is 71.5 Å². The summed E-state index contributed by atoms with van der Waals surface area (Å²) in [6, 6.07) is 0. The standard InChI is InChI=1S/C6H3BrN4O/c7-3-6(12)11-5-4(10-3)8-1-2-9-5/h1-2H,(H,9,11,12). The lowest BCUT2D eigenvalue weighted by Gasteiger charge is -1.93. The molecule has 6 heteroatoms. The van der Waals surface area contributed by atoms with E-state index in [9.17, 15) is 4.79 Å². The molecule has 2 aromatic rings. The lowest BCUT2D eigenvalue weighted by atomic mass is 10.6. The third kappa shape index (κ3) is 1.10. The van der Waals surface area contributed by atoms with Crippen LogP contribution in [0.15, 0.2) is 21.8 Å². The minimum atomic E-state index is -0.303. The first-order valence-corrected chi connectivity index (χ1v) is 3.93. The number of halogens is 1. The molecule has 1 N–H and O–H groups in total. The molecule has 0 aliphatic heterocycles. The van der Waals surface area contributed by atoms with Gasteiger partial charge < -0.3 is 4.98 Å². The van der Waals surface area contributed by atoms with E-state index in [2.05, 4.69) is 35.9 Å². The Kier molecular flexibility index (Phi) is 1.61. The smallest absolute Gasteiger partial charge is 0.282 e. The quantitative estimate of drug-likeness (QED) is 0.710. The van der Waals surface area contributed by atoms with Gasteiger partial charge in [0.05, 0.1) is 0 Å². The predicted octanol–water partition coefficient (Wildman–Crippen LogP) is 0.476. The fraction of sp³-hybridized carbons (Fsp3) is 0. The van der Waals surface area contributed by atoms with Crippen molar-refractivity contribution in [3.63, 3.8) is 0 Å². The van der Waals surface area contributed by atoms with Crippen LogP contribution in [-0.4, -0.2) is 19.9 Å². The van der Waals surface area contributed by atoms with E-state index in [0.717, 1.165) is 0 Å². The monoisotopic (exact) mass is 226 g/mol. The van der Waals surface area contributed by atoms with Gasteiger partial charge >= 0.3 is 0 Å². The van der Waals surface area contributed by atoms with Crippen molar-refractivity contribution >= 4 is 27.2 Å². The Labute approximate surface area is 75.0 Å². The van der Waals surface area contributed by atoms with Crippen molar-refractivity contribution in [3.8, 4) is 0 Å². The molecule has 0 amide bonds. The van der Waals surface area contributed by atoms with Crippen molar-refractivity contribution in [2.24, 2.45) is 0 Å². The van der Waals surface area contributed by atoms with Gasteiger partial charge in [-0.1, -0.05) is 0 Å². The molecule has 0 saturated heterocycles. The number of aromatic nitrogens is 4. The summed E-state index contributed by atoms with van der Waals surface area (Å²) in [6.45, 7) is 0. The second-order valence-electron chi connectivity index (χ2n) is 2.09. The molecule has 0 aliphatic rings. The molecule has 0 aliphatic carbocycles. The van der Waals surface area contributed by atoms with Crippen LogP contribution in [0, 0.1) is 0 Å². The largest absolute Gasteiger partial charge is 0.302 e. The van der Waals surface area contributed by atoms with Crippen LogP contribution in [0.5, 0.6) is 0 Å². The van der Waals surface area contributed by atoms with Gasteiger partial charge in [0.1, 0.15) is 0 Å². The number of nitrogens with one attached hydrogen (secondary N) is 1. The normalized spacial score (nSPS) is 10.4. The highest BCUT2D eigenvalue weighted by atomic mass is 79.9. The molecule has 12 heavy (non-hydrogen) atoms. The molecule has 60 valence electrons. The molecular formula is C6H3BrN4O. The molecular weight excluding hydrogens is 224 g/mol. The molecule has 0 saturated carbocycles. The Balaban J connectivity index is 2.93. The van der Waals surface area contributed by atoms with Crippen LogP contribution in [0.2, 0.25) is 0 Å². The average Bonchev–Trinajstić information content (AvgIpc) is 2.07. The van der Waals surface area contributed by atoms with Gasteiger partial charge in [0.15, 0.2) is 15.9 Å². The van der Waals surface area contributed by atoms with Crippen molar-refractivity contribution in [1.29, 1.82) is 0 Å². The zero-order valence-electron chi connectivity index (χ0n) is 5.78. The highest BCUT2D eigenvalue weighted by Crippen LogP contribution is 2.02. The first kappa shape index (κ1) is 7.35. The molecule has 2 heterocycles. The number of H-pyrrole nitrogens is 1. The number of hydrogen-bond donors (Lipinski definition) is 1. The molecule has 0 spiro atoms. The summed E-state index contributed by atoms with van der Waals surface area (Å²) in [4.78, 5) is 25.2. The van der Waals surface area contributed by atoms with E-state index >= 15 is 0 Å². The molecule has 0 bridgehead atoms. The highest BCUT2D eigenvalue weighted by Gasteiger charge is 2.01. The van der Waals surface area contributed by atoms with Gasteiger partial charge in [-0.15, -0.1) is 0 Å². The van der Waals surface area contributed by atoms with Crippen LogP contribution in [0.3, 0.4) is 0 Å². The van der Waals surface area contributed by atoms with Gasteiger partial charge in [-0.05, 0) is 15.9 Å². The van der Waals surface area contributed by atoms with Gasteiger partial charge in [0, 0.05) is 12.4 Å². The van der Waals surface area contributed by atoms with Gasteiger partial charge in [0.25, 0.3) is 5.56 Å². The van der Waals surface area contributed by atoms with E-state index < -0.39 is 0 Å². The Morgan fingerprint density at radius 1 is 1.33 bits per heavy atom. The first-order valence-electron chi connectivity index (χ1n) is 3.14. The molecule has 0 aromatic carbocycles. The lowest BCUT2D eigenvalue weighted by Crippen LogP contribution is -2.09. The van der Waals surface area contributed by atoms with Crippen LogP contribution in [0.25, 0.3) is 11.3 Å². The van der Waals surface area contributed by atoms with E-state index in [1.165, 1.54) is 12.4 Å². The highest BCUT2D eigenvalue weighted by molar-refractivity contribution is 9.10. The van der Waals surface area contributed by atoms with E-state index in [-0.39, 0.29) is 10.2 Å². The van der Waals surface area contributed by atoms with Crippen LogP contribution in [0.1, 0.15) is 0 Å². The minimum Gasteiger partial charge on any atom is -0.302 e. The Morgan fingerprint density at radius 2 is 2.08 bits per heavy atom. The molecule has 0 atom stereocenters. The van der Waals surface area contributed by atoms with E-state index in [0.29, 0.717) is 11.3 Å². The molecule has 2 aromatic heterocycles. The second-order valence-corrected chi connectivity index (χ2v) is 2.84. The summed E-state index contributed by atoms with van der Waals surface area (Å²) in [5, 5.41) is 0. The maximum absolute atomic E-state index is 11.0. The number of aromatic amines is 1. The van der Waals surface area contributed by atoms with Gasteiger partial charge in [-0.3, -0.25) is 4.79 Å². The van der Waals surface area contributed by atoms with Gasteiger partial charge in [-0.25, -0.2) is 15.0 Å². The zero-order valence-corrected chi connectivity index (χ0v) is 7.37. The van der Waals surface area contributed by atoms with Crippen LogP contribution < -0.4 is 5.56 Å². The van der Waals surface area contributed by atoms with Crippen molar-refractivity contribution in [2.45, 2.75) is 0 Å². The summed E-state index contributed by atoms with van der Waals surface area (Å²) in [5.74, 6) is 0. The van der Waals surface area contributed by atoms with Crippen molar-refractivity contribution in [2.75, 3.05) is 0 Å². The Hall–Kier alpha value is -1.30. The number of rotatable bonds is 0. The molecule has 0 radical (unpaired) electrons. The number of nitrogens with zero attached hydrogens (tertiary/aromatic N) is 3. The maximum Gasteiger partial charge on any atom is 0.282 e. The molecule has 0 unspecified atom stereocenters. The van der Waals surface area contributed by atoms with Crippen molar-refractivity contribution < 1.29 is 0 Å². The predicted molar refractivity (Wildman–Crippen MR) is 45.7 cm³/mol. The Bertz CT molecular complexity index is 480. The fourth-order valence-electron chi connectivity index (χ4n) is 0.804. The number of fused-ring (bicyclic) bond motifs is 1. The summed E-state index contributed by atoms with van der Waals surface area (Å²) < 4.78 is 0.218.